The van der Waals surface area contributed by atoms with E-state index in [-0.39, 0.29) is 12.0 Å². The van der Waals surface area contributed by atoms with Crippen molar-refractivity contribution in [3.8, 4) is 0 Å². The number of rotatable bonds is 4. The Morgan fingerprint density at radius 3 is 3.00 bits per heavy atom. The molecule has 3 rings (SSSR count). The molecule has 0 radical (unpaired) electrons. The normalized spacial score (nSPS) is 17.5. The number of aryl methyl sites for hydroxylation is 2. The molecule has 3 heterocycles. The predicted molar refractivity (Wildman–Crippen MR) is 88.9 cm³/mol. The highest BCUT2D eigenvalue weighted by Crippen LogP contribution is 2.36. The van der Waals surface area contributed by atoms with E-state index in [0.717, 1.165) is 41.6 Å². The van der Waals surface area contributed by atoms with Gasteiger partial charge in [0.25, 0.3) is 0 Å². The minimum absolute atomic E-state index is 0.130. The number of esters is 1. The van der Waals surface area contributed by atoms with Crippen molar-refractivity contribution in [2.24, 2.45) is 0 Å². The second kappa shape index (κ2) is 6.62. The summed E-state index contributed by atoms with van der Waals surface area (Å²) in [6, 6.07) is 0.130. The van der Waals surface area contributed by atoms with Gasteiger partial charge in [-0.2, -0.15) is 0 Å². The average molecular weight is 332 g/mol. The molecule has 1 atom stereocenters. The fraction of sp³-hybridized carbons (Fsp3) is 0.500. The number of carbonyl (C=O) groups excluding carboxylic acids is 1. The van der Waals surface area contributed by atoms with Crippen LogP contribution in [0.15, 0.2) is 11.6 Å². The van der Waals surface area contributed by atoms with Crippen molar-refractivity contribution in [1.29, 1.82) is 0 Å². The summed E-state index contributed by atoms with van der Waals surface area (Å²) in [5.74, 6) is 0.380. The molecule has 0 aromatic carbocycles. The van der Waals surface area contributed by atoms with E-state index in [4.69, 9.17) is 4.74 Å². The van der Waals surface area contributed by atoms with Crippen molar-refractivity contribution in [3.63, 3.8) is 0 Å². The molecular weight excluding hydrogens is 312 g/mol. The first-order chi connectivity index (χ1) is 11.1. The average Bonchev–Trinajstić information content (AvgIpc) is 3.18. The summed E-state index contributed by atoms with van der Waals surface area (Å²) in [7, 11) is 0. The van der Waals surface area contributed by atoms with Crippen LogP contribution in [0.3, 0.4) is 0 Å². The third-order valence-electron chi connectivity index (χ3n) is 4.01. The number of hydrogen-bond acceptors (Lipinski definition) is 7. The largest absolute Gasteiger partial charge is 0.461 e. The molecule has 0 aliphatic carbocycles. The van der Waals surface area contributed by atoms with Crippen LogP contribution in [0.25, 0.3) is 0 Å². The SMILES string of the molecule is CCOC(=O)c1csc(C2CCCN2c2ncc(C)c(C)n2)n1. The maximum atomic E-state index is 11.8. The topological polar surface area (TPSA) is 68.2 Å². The Labute approximate surface area is 139 Å². The van der Waals surface area contributed by atoms with E-state index < -0.39 is 0 Å². The molecule has 1 unspecified atom stereocenters. The van der Waals surface area contributed by atoms with Crippen LogP contribution in [0.1, 0.15) is 52.6 Å². The van der Waals surface area contributed by atoms with Crippen LogP contribution in [0.4, 0.5) is 5.95 Å². The molecule has 0 N–H and O–H groups in total. The second-order valence-corrected chi connectivity index (χ2v) is 6.47. The highest BCUT2D eigenvalue weighted by Gasteiger charge is 2.31. The van der Waals surface area contributed by atoms with E-state index >= 15 is 0 Å². The monoisotopic (exact) mass is 332 g/mol. The first-order valence-electron chi connectivity index (χ1n) is 7.79. The van der Waals surface area contributed by atoms with Gasteiger partial charge in [-0.1, -0.05) is 0 Å². The van der Waals surface area contributed by atoms with E-state index in [1.807, 2.05) is 20.0 Å². The van der Waals surface area contributed by atoms with Crippen molar-refractivity contribution in [2.75, 3.05) is 18.1 Å². The summed E-state index contributed by atoms with van der Waals surface area (Å²) in [4.78, 5) is 27.5. The summed E-state index contributed by atoms with van der Waals surface area (Å²) in [6.07, 6.45) is 3.92. The summed E-state index contributed by atoms with van der Waals surface area (Å²) in [5, 5.41) is 2.69. The van der Waals surface area contributed by atoms with Gasteiger partial charge >= 0.3 is 5.97 Å². The minimum Gasteiger partial charge on any atom is -0.461 e. The highest BCUT2D eigenvalue weighted by atomic mass is 32.1. The Balaban J connectivity index is 1.84. The Morgan fingerprint density at radius 1 is 1.43 bits per heavy atom. The molecule has 1 aliphatic rings. The van der Waals surface area contributed by atoms with Crippen LogP contribution in [0.2, 0.25) is 0 Å². The summed E-state index contributed by atoms with van der Waals surface area (Å²) < 4.78 is 5.01. The number of anilines is 1. The van der Waals surface area contributed by atoms with Crippen LogP contribution in [-0.2, 0) is 4.74 Å². The van der Waals surface area contributed by atoms with Crippen LogP contribution in [-0.4, -0.2) is 34.1 Å². The number of hydrogen-bond donors (Lipinski definition) is 0. The quantitative estimate of drug-likeness (QED) is 0.802. The Kier molecular flexibility index (Phi) is 4.56. The summed E-state index contributed by atoms with van der Waals surface area (Å²) in [5.41, 5.74) is 2.47. The lowest BCUT2D eigenvalue weighted by molar-refractivity contribution is 0.0520. The third-order valence-corrected chi connectivity index (χ3v) is 4.96. The Bertz CT molecular complexity index is 716. The lowest BCUT2D eigenvalue weighted by atomic mass is 10.2. The van der Waals surface area contributed by atoms with Gasteiger partial charge in [-0.3, -0.25) is 0 Å². The molecule has 7 heteroatoms. The number of thiazole rings is 1. The molecule has 1 fully saturated rings. The van der Waals surface area contributed by atoms with Crippen molar-refractivity contribution < 1.29 is 9.53 Å². The molecule has 0 spiro atoms. The molecule has 2 aromatic rings. The Hall–Kier alpha value is -2.02. The maximum Gasteiger partial charge on any atom is 0.357 e. The van der Waals surface area contributed by atoms with Crippen LogP contribution < -0.4 is 4.90 Å². The highest BCUT2D eigenvalue weighted by molar-refractivity contribution is 7.10. The van der Waals surface area contributed by atoms with Crippen LogP contribution >= 0.6 is 11.3 Å². The number of carbonyl (C=O) groups is 1. The van der Waals surface area contributed by atoms with E-state index in [1.54, 1.807) is 12.3 Å². The lowest BCUT2D eigenvalue weighted by Gasteiger charge is -2.23. The zero-order valence-corrected chi connectivity index (χ0v) is 14.4. The number of nitrogens with zero attached hydrogens (tertiary/aromatic N) is 4. The van der Waals surface area contributed by atoms with Crippen LogP contribution in [0.5, 0.6) is 0 Å². The molecular formula is C16H20N4O2S. The van der Waals surface area contributed by atoms with Gasteiger partial charge in [-0.05, 0) is 39.2 Å². The smallest absolute Gasteiger partial charge is 0.357 e. The van der Waals surface area contributed by atoms with E-state index in [9.17, 15) is 4.79 Å². The molecule has 23 heavy (non-hydrogen) atoms. The zero-order valence-electron chi connectivity index (χ0n) is 13.6. The first-order valence-corrected chi connectivity index (χ1v) is 8.67. The fourth-order valence-corrected chi connectivity index (χ4v) is 3.59. The van der Waals surface area contributed by atoms with Gasteiger partial charge < -0.3 is 9.64 Å². The van der Waals surface area contributed by atoms with Gasteiger partial charge in [-0.25, -0.2) is 19.7 Å². The fourth-order valence-electron chi connectivity index (χ4n) is 2.66. The Morgan fingerprint density at radius 2 is 2.26 bits per heavy atom. The first kappa shape index (κ1) is 15.9. The second-order valence-electron chi connectivity index (χ2n) is 5.58. The van der Waals surface area contributed by atoms with Gasteiger partial charge in [0.15, 0.2) is 5.69 Å². The van der Waals surface area contributed by atoms with Gasteiger partial charge in [0.05, 0.1) is 12.6 Å². The zero-order chi connectivity index (χ0) is 16.4. The molecule has 0 amide bonds. The van der Waals surface area contributed by atoms with Crippen molar-refractivity contribution >= 4 is 23.3 Å². The molecule has 6 nitrogen and oxygen atoms in total. The third kappa shape index (κ3) is 3.19. The molecule has 122 valence electrons. The van der Waals surface area contributed by atoms with Gasteiger partial charge in [0, 0.05) is 23.8 Å². The van der Waals surface area contributed by atoms with Crippen molar-refractivity contribution in [2.45, 2.75) is 39.7 Å². The van der Waals surface area contributed by atoms with Crippen molar-refractivity contribution in [3.05, 3.63) is 33.5 Å². The number of ether oxygens (including phenoxy) is 1. The van der Waals surface area contributed by atoms with Gasteiger partial charge in [0.2, 0.25) is 5.95 Å². The van der Waals surface area contributed by atoms with Crippen molar-refractivity contribution in [1.82, 2.24) is 15.0 Å². The minimum atomic E-state index is -0.359. The predicted octanol–water partition coefficient (Wildman–Crippen LogP) is 3.07. The summed E-state index contributed by atoms with van der Waals surface area (Å²) in [6.45, 7) is 7.06. The van der Waals surface area contributed by atoms with Crippen LogP contribution in [0, 0.1) is 13.8 Å². The van der Waals surface area contributed by atoms with Gasteiger partial charge in [0.1, 0.15) is 5.01 Å². The van der Waals surface area contributed by atoms with E-state index in [2.05, 4.69) is 19.9 Å². The summed E-state index contributed by atoms with van der Waals surface area (Å²) >= 11 is 1.50. The molecule has 1 saturated heterocycles. The molecule has 2 aromatic heterocycles. The maximum absolute atomic E-state index is 11.8. The molecule has 0 saturated carbocycles. The van der Waals surface area contributed by atoms with E-state index in [0.29, 0.717) is 12.3 Å². The molecule has 1 aliphatic heterocycles. The molecule has 0 bridgehead atoms. The standard InChI is InChI=1S/C16H20N4O2S/c1-4-22-15(21)12-9-23-14(19-12)13-6-5-7-20(13)16-17-8-10(2)11(3)18-16/h8-9,13H,4-7H2,1-3H3. The van der Waals surface area contributed by atoms with E-state index in [1.165, 1.54) is 11.3 Å². The number of aromatic nitrogens is 3. The lowest BCUT2D eigenvalue weighted by Crippen LogP contribution is -2.25. The van der Waals surface area contributed by atoms with Gasteiger partial charge in [-0.15, -0.1) is 11.3 Å².